The zero-order valence-electron chi connectivity index (χ0n) is 10.1. The van der Waals surface area contributed by atoms with Crippen molar-refractivity contribution in [2.45, 2.75) is 39.2 Å². The van der Waals surface area contributed by atoms with Gasteiger partial charge in [0.2, 0.25) is 0 Å². The zero-order chi connectivity index (χ0) is 11.8. The highest BCUT2D eigenvalue weighted by Gasteiger charge is 2.31. The van der Waals surface area contributed by atoms with Crippen molar-refractivity contribution in [3.05, 3.63) is 18.0 Å². The molecular formula is C12H18N2O2. The fraction of sp³-hybridized carbons (Fsp3) is 0.667. The molecule has 0 bridgehead atoms. The summed E-state index contributed by atoms with van der Waals surface area (Å²) in [4.78, 5) is 11.5. The van der Waals surface area contributed by atoms with E-state index < -0.39 is 5.41 Å². The monoisotopic (exact) mass is 222 g/mol. The van der Waals surface area contributed by atoms with Gasteiger partial charge in [-0.05, 0) is 32.8 Å². The van der Waals surface area contributed by atoms with Crippen molar-refractivity contribution in [2.24, 2.45) is 5.41 Å². The number of hydrogen-bond acceptors (Lipinski definition) is 3. The minimum absolute atomic E-state index is 0.198. The molecule has 4 nitrogen and oxygen atoms in total. The average Bonchev–Trinajstić information content (AvgIpc) is 2.99. The molecule has 1 aliphatic carbocycles. The summed E-state index contributed by atoms with van der Waals surface area (Å²) in [6.07, 6.45) is 4.44. The summed E-state index contributed by atoms with van der Waals surface area (Å²) in [6, 6.07) is 2.05. The number of hydrogen-bond donors (Lipinski definition) is 0. The first kappa shape index (κ1) is 11.2. The van der Waals surface area contributed by atoms with E-state index in [0.29, 0.717) is 12.5 Å². The van der Waals surface area contributed by atoms with Gasteiger partial charge in [0.1, 0.15) is 0 Å². The summed E-state index contributed by atoms with van der Waals surface area (Å²) in [5.41, 5.74) is 0.627. The van der Waals surface area contributed by atoms with Crippen LogP contribution in [0.3, 0.4) is 0 Å². The molecule has 88 valence electrons. The van der Waals surface area contributed by atoms with Gasteiger partial charge < -0.3 is 4.74 Å². The molecule has 0 aliphatic heterocycles. The molecular weight excluding hydrogens is 204 g/mol. The zero-order valence-corrected chi connectivity index (χ0v) is 10.1. The van der Waals surface area contributed by atoms with Crippen molar-refractivity contribution in [1.29, 1.82) is 0 Å². The van der Waals surface area contributed by atoms with E-state index in [9.17, 15) is 4.79 Å². The molecule has 1 aromatic heterocycles. The maximum Gasteiger partial charge on any atom is 0.313 e. The highest BCUT2D eigenvalue weighted by atomic mass is 16.5. The standard InChI is InChI=1S/C12H18N2O2/c1-12(2,11(15)16-3)8-14-7-6-10(13-14)9-4-5-9/h6-7,9H,4-5,8H2,1-3H3. The second-order valence-electron chi connectivity index (χ2n) is 5.09. The number of carbonyl (C=O) groups excluding carboxylic acids is 1. The Labute approximate surface area is 95.6 Å². The van der Waals surface area contributed by atoms with Crippen molar-refractivity contribution < 1.29 is 9.53 Å². The van der Waals surface area contributed by atoms with Gasteiger partial charge in [-0.2, -0.15) is 5.10 Å². The first-order chi connectivity index (χ1) is 7.53. The van der Waals surface area contributed by atoms with E-state index in [1.807, 2.05) is 30.8 Å². The van der Waals surface area contributed by atoms with E-state index in [2.05, 4.69) is 5.10 Å². The van der Waals surface area contributed by atoms with Crippen molar-refractivity contribution in [1.82, 2.24) is 9.78 Å². The number of ether oxygens (including phenoxy) is 1. The molecule has 1 aromatic rings. The maximum absolute atomic E-state index is 11.5. The lowest BCUT2D eigenvalue weighted by Gasteiger charge is -2.21. The van der Waals surface area contributed by atoms with Crippen molar-refractivity contribution in [3.8, 4) is 0 Å². The third-order valence-corrected chi connectivity index (χ3v) is 2.95. The molecule has 16 heavy (non-hydrogen) atoms. The summed E-state index contributed by atoms with van der Waals surface area (Å²) in [7, 11) is 1.42. The summed E-state index contributed by atoms with van der Waals surface area (Å²) in [5, 5.41) is 4.48. The largest absolute Gasteiger partial charge is 0.469 e. The molecule has 0 radical (unpaired) electrons. The van der Waals surface area contributed by atoms with E-state index in [0.717, 1.165) is 5.69 Å². The van der Waals surface area contributed by atoms with Crippen molar-refractivity contribution in [3.63, 3.8) is 0 Å². The van der Waals surface area contributed by atoms with E-state index in [4.69, 9.17) is 4.74 Å². The van der Waals surface area contributed by atoms with Crippen LogP contribution in [0.15, 0.2) is 12.3 Å². The van der Waals surface area contributed by atoms with Crippen LogP contribution in [0, 0.1) is 5.41 Å². The second kappa shape index (κ2) is 3.92. The number of rotatable bonds is 4. The Kier molecular flexibility index (Phi) is 2.74. The molecule has 0 atom stereocenters. The van der Waals surface area contributed by atoms with Gasteiger partial charge in [0.25, 0.3) is 0 Å². The lowest BCUT2D eigenvalue weighted by Crippen LogP contribution is -2.30. The average molecular weight is 222 g/mol. The molecule has 1 aliphatic rings. The summed E-state index contributed by atoms with van der Waals surface area (Å²) in [6.45, 7) is 4.31. The second-order valence-corrected chi connectivity index (χ2v) is 5.09. The van der Waals surface area contributed by atoms with E-state index >= 15 is 0 Å². The Bertz CT molecular complexity index is 391. The third-order valence-electron chi connectivity index (χ3n) is 2.95. The summed E-state index contributed by atoms with van der Waals surface area (Å²) < 4.78 is 6.61. The van der Waals surface area contributed by atoms with Gasteiger partial charge in [-0.15, -0.1) is 0 Å². The van der Waals surface area contributed by atoms with Crippen LogP contribution in [0.2, 0.25) is 0 Å². The van der Waals surface area contributed by atoms with E-state index in [1.54, 1.807) is 0 Å². The number of methoxy groups -OCH3 is 1. The molecule has 0 amide bonds. The quantitative estimate of drug-likeness (QED) is 0.731. The molecule has 0 spiro atoms. The first-order valence-electron chi connectivity index (χ1n) is 5.65. The predicted octanol–water partition coefficient (Wildman–Crippen LogP) is 1.96. The van der Waals surface area contributed by atoms with Gasteiger partial charge >= 0.3 is 5.97 Å². The highest BCUT2D eigenvalue weighted by Crippen LogP contribution is 2.38. The molecule has 0 aromatic carbocycles. The van der Waals surface area contributed by atoms with Gasteiger partial charge in [0.15, 0.2) is 0 Å². The molecule has 1 saturated carbocycles. The third kappa shape index (κ3) is 2.26. The van der Waals surface area contributed by atoms with Crippen LogP contribution in [-0.2, 0) is 16.1 Å². The van der Waals surface area contributed by atoms with Gasteiger partial charge in [-0.1, -0.05) is 0 Å². The Morgan fingerprint density at radius 1 is 1.62 bits per heavy atom. The van der Waals surface area contributed by atoms with Crippen LogP contribution in [0.5, 0.6) is 0 Å². The minimum atomic E-state index is -0.526. The molecule has 0 saturated heterocycles. The van der Waals surface area contributed by atoms with Crippen LogP contribution >= 0.6 is 0 Å². The molecule has 2 rings (SSSR count). The first-order valence-corrected chi connectivity index (χ1v) is 5.65. The molecule has 1 fully saturated rings. The van der Waals surface area contributed by atoms with Crippen molar-refractivity contribution >= 4 is 5.97 Å². The van der Waals surface area contributed by atoms with Crippen LogP contribution in [0.1, 0.15) is 38.3 Å². The number of aromatic nitrogens is 2. The highest BCUT2D eigenvalue weighted by molar-refractivity contribution is 5.75. The maximum atomic E-state index is 11.5. The predicted molar refractivity (Wildman–Crippen MR) is 60.0 cm³/mol. The summed E-state index contributed by atoms with van der Waals surface area (Å²) >= 11 is 0. The minimum Gasteiger partial charge on any atom is -0.469 e. The molecule has 0 unspecified atom stereocenters. The van der Waals surface area contributed by atoms with E-state index in [1.165, 1.54) is 20.0 Å². The fourth-order valence-electron chi connectivity index (χ4n) is 1.81. The topological polar surface area (TPSA) is 44.1 Å². The molecule has 4 heteroatoms. The Hall–Kier alpha value is -1.32. The van der Waals surface area contributed by atoms with E-state index in [-0.39, 0.29) is 5.97 Å². The van der Waals surface area contributed by atoms with Gasteiger partial charge in [0, 0.05) is 12.1 Å². The van der Waals surface area contributed by atoms with Gasteiger partial charge in [-0.25, -0.2) is 0 Å². The Morgan fingerprint density at radius 2 is 2.31 bits per heavy atom. The lowest BCUT2D eigenvalue weighted by atomic mass is 9.94. The van der Waals surface area contributed by atoms with Crippen LogP contribution in [0.25, 0.3) is 0 Å². The summed E-state index contributed by atoms with van der Waals surface area (Å²) in [5.74, 6) is 0.457. The van der Waals surface area contributed by atoms with Crippen LogP contribution < -0.4 is 0 Å². The number of nitrogens with zero attached hydrogens (tertiary/aromatic N) is 2. The van der Waals surface area contributed by atoms with Crippen LogP contribution in [0.4, 0.5) is 0 Å². The molecule has 0 N–H and O–H groups in total. The Morgan fingerprint density at radius 3 is 2.88 bits per heavy atom. The Balaban J connectivity index is 2.04. The number of carbonyl (C=O) groups is 1. The SMILES string of the molecule is COC(=O)C(C)(C)Cn1ccc(C2CC2)n1. The van der Waals surface area contributed by atoms with Crippen molar-refractivity contribution in [2.75, 3.05) is 7.11 Å². The normalized spacial score (nSPS) is 16.2. The van der Waals surface area contributed by atoms with Gasteiger partial charge in [0.05, 0.1) is 24.8 Å². The lowest BCUT2D eigenvalue weighted by molar-refractivity contribution is -0.151. The fourth-order valence-corrected chi connectivity index (χ4v) is 1.81. The van der Waals surface area contributed by atoms with Crippen LogP contribution in [-0.4, -0.2) is 22.9 Å². The number of esters is 1. The van der Waals surface area contributed by atoms with Gasteiger partial charge in [-0.3, -0.25) is 9.48 Å². The smallest absolute Gasteiger partial charge is 0.313 e. The molecule has 1 heterocycles.